The highest BCUT2D eigenvalue weighted by Crippen LogP contribution is 2.19. The Morgan fingerprint density at radius 2 is 2.36 bits per heavy atom. The zero-order valence-corrected chi connectivity index (χ0v) is 9.03. The molecule has 0 fully saturated rings. The summed E-state index contributed by atoms with van der Waals surface area (Å²) >= 11 is 3.40. The lowest BCUT2D eigenvalue weighted by molar-refractivity contribution is 0.649. The van der Waals surface area contributed by atoms with E-state index in [-0.39, 0.29) is 0 Å². The van der Waals surface area contributed by atoms with Gasteiger partial charge >= 0.3 is 0 Å². The first-order valence-electron chi connectivity index (χ1n) is 4.29. The Morgan fingerprint density at radius 1 is 1.50 bits per heavy atom. The number of hydrogen-bond donors (Lipinski definition) is 0. The van der Waals surface area contributed by atoms with Crippen molar-refractivity contribution in [3.8, 4) is 6.07 Å². The fourth-order valence-electron chi connectivity index (χ4n) is 1.39. The van der Waals surface area contributed by atoms with Gasteiger partial charge in [0.1, 0.15) is 0 Å². The minimum atomic E-state index is 0.493. The van der Waals surface area contributed by atoms with E-state index >= 15 is 0 Å². The van der Waals surface area contributed by atoms with Crippen molar-refractivity contribution in [3.63, 3.8) is 0 Å². The number of hydrogen-bond acceptors (Lipinski definition) is 2. The number of benzene rings is 1. The second-order valence-corrected chi connectivity index (χ2v) is 3.89. The second-order valence-electron chi connectivity index (χ2n) is 2.98. The summed E-state index contributed by atoms with van der Waals surface area (Å²) in [6, 6.07) is 8.11. The van der Waals surface area contributed by atoms with Gasteiger partial charge in [-0.1, -0.05) is 15.9 Å². The molecule has 0 N–H and O–H groups in total. The van der Waals surface area contributed by atoms with Crippen molar-refractivity contribution in [3.05, 3.63) is 28.9 Å². The van der Waals surface area contributed by atoms with Crippen LogP contribution in [-0.4, -0.2) is 9.78 Å². The van der Waals surface area contributed by atoms with E-state index in [1.54, 1.807) is 0 Å². The van der Waals surface area contributed by atoms with Crippen LogP contribution in [0.2, 0.25) is 0 Å². The average Bonchev–Trinajstić information content (AvgIpc) is 2.57. The molecule has 0 saturated heterocycles. The van der Waals surface area contributed by atoms with Crippen LogP contribution in [0.4, 0.5) is 0 Å². The Balaban J connectivity index is 2.43. The highest BCUT2D eigenvalue weighted by molar-refractivity contribution is 9.10. The largest absolute Gasteiger partial charge is 0.264 e. The van der Waals surface area contributed by atoms with E-state index in [0.717, 1.165) is 15.4 Å². The average molecular weight is 250 g/mol. The first-order chi connectivity index (χ1) is 6.81. The molecule has 0 aliphatic carbocycles. The van der Waals surface area contributed by atoms with E-state index in [1.807, 2.05) is 29.1 Å². The normalized spacial score (nSPS) is 10.3. The molecule has 0 atom stereocenters. The third-order valence-corrected chi connectivity index (χ3v) is 2.53. The van der Waals surface area contributed by atoms with Gasteiger partial charge in [-0.05, 0) is 18.2 Å². The molecule has 14 heavy (non-hydrogen) atoms. The van der Waals surface area contributed by atoms with Gasteiger partial charge in [0, 0.05) is 9.86 Å². The van der Waals surface area contributed by atoms with E-state index in [2.05, 4.69) is 27.1 Å². The molecule has 2 rings (SSSR count). The molecular weight excluding hydrogens is 242 g/mol. The first kappa shape index (κ1) is 9.22. The van der Waals surface area contributed by atoms with E-state index in [1.165, 1.54) is 0 Å². The first-order valence-corrected chi connectivity index (χ1v) is 5.08. The van der Waals surface area contributed by atoms with Crippen LogP contribution < -0.4 is 0 Å². The fraction of sp³-hybridized carbons (Fsp3) is 0.200. The number of halogens is 1. The summed E-state index contributed by atoms with van der Waals surface area (Å²) in [5.74, 6) is 0. The molecule has 0 amide bonds. The third-order valence-electron chi connectivity index (χ3n) is 2.04. The molecule has 3 nitrogen and oxygen atoms in total. The van der Waals surface area contributed by atoms with Gasteiger partial charge in [0.05, 0.1) is 30.7 Å². The fourth-order valence-corrected chi connectivity index (χ4v) is 1.77. The van der Waals surface area contributed by atoms with Crippen molar-refractivity contribution in [2.24, 2.45) is 0 Å². The SMILES string of the molecule is N#CCCn1ncc2cc(Br)ccc21. The van der Waals surface area contributed by atoms with Gasteiger partial charge in [-0.25, -0.2) is 0 Å². The van der Waals surface area contributed by atoms with E-state index in [9.17, 15) is 0 Å². The summed E-state index contributed by atoms with van der Waals surface area (Å²) in [6.45, 7) is 0.654. The van der Waals surface area contributed by atoms with Crippen molar-refractivity contribution < 1.29 is 0 Å². The van der Waals surface area contributed by atoms with Crippen molar-refractivity contribution in [1.82, 2.24) is 9.78 Å². The van der Waals surface area contributed by atoms with Gasteiger partial charge in [0.25, 0.3) is 0 Å². The number of fused-ring (bicyclic) bond motifs is 1. The van der Waals surface area contributed by atoms with E-state index in [4.69, 9.17) is 5.26 Å². The molecule has 0 bridgehead atoms. The van der Waals surface area contributed by atoms with Gasteiger partial charge in [0.2, 0.25) is 0 Å². The van der Waals surface area contributed by atoms with Crippen molar-refractivity contribution >= 4 is 26.8 Å². The van der Waals surface area contributed by atoms with Crippen LogP contribution in [0.15, 0.2) is 28.9 Å². The molecule has 1 heterocycles. The Bertz CT molecular complexity index is 496. The molecule has 1 aromatic carbocycles. The zero-order valence-electron chi connectivity index (χ0n) is 7.44. The molecule has 4 heteroatoms. The summed E-state index contributed by atoms with van der Waals surface area (Å²) in [4.78, 5) is 0. The Kier molecular flexibility index (Phi) is 2.51. The smallest absolute Gasteiger partial charge is 0.0683 e. The van der Waals surface area contributed by atoms with Crippen LogP contribution in [0, 0.1) is 11.3 Å². The number of nitrogens with zero attached hydrogens (tertiary/aromatic N) is 3. The lowest BCUT2D eigenvalue weighted by atomic mass is 10.2. The van der Waals surface area contributed by atoms with Crippen molar-refractivity contribution in [1.29, 1.82) is 5.26 Å². The molecule has 0 aliphatic rings. The quantitative estimate of drug-likeness (QED) is 0.822. The maximum Gasteiger partial charge on any atom is 0.0683 e. The molecule has 1 aromatic heterocycles. The van der Waals surface area contributed by atoms with Gasteiger partial charge < -0.3 is 0 Å². The molecule has 0 aliphatic heterocycles. The van der Waals surface area contributed by atoms with Crippen LogP contribution in [0.1, 0.15) is 6.42 Å². The standard InChI is InChI=1S/C10H8BrN3/c11-9-2-3-10-8(6-9)7-13-14(10)5-1-4-12/h2-3,6-7H,1,5H2. The lowest BCUT2D eigenvalue weighted by Gasteiger charge is -1.99. The number of rotatable bonds is 2. The van der Waals surface area contributed by atoms with Crippen molar-refractivity contribution in [2.45, 2.75) is 13.0 Å². The van der Waals surface area contributed by atoms with Crippen LogP contribution in [0.5, 0.6) is 0 Å². The molecule has 0 radical (unpaired) electrons. The predicted molar refractivity (Wildman–Crippen MR) is 57.7 cm³/mol. The van der Waals surface area contributed by atoms with Gasteiger partial charge in [-0.2, -0.15) is 10.4 Å². The van der Waals surface area contributed by atoms with Crippen LogP contribution in [0.25, 0.3) is 10.9 Å². The monoisotopic (exact) mass is 249 g/mol. The molecule has 70 valence electrons. The summed E-state index contributed by atoms with van der Waals surface area (Å²) in [6.07, 6.45) is 2.31. The van der Waals surface area contributed by atoms with Gasteiger partial charge in [0.15, 0.2) is 0 Å². The van der Waals surface area contributed by atoms with E-state index in [0.29, 0.717) is 13.0 Å². The summed E-state index contributed by atoms with van der Waals surface area (Å²) in [5, 5.41) is 13.8. The second kappa shape index (κ2) is 3.81. The maximum atomic E-state index is 8.48. The topological polar surface area (TPSA) is 41.6 Å². The van der Waals surface area contributed by atoms with Crippen molar-refractivity contribution in [2.75, 3.05) is 0 Å². The van der Waals surface area contributed by atoms with Crippen LogP contribution >= 0.6 is 15.9 Å². The summed E-state index contributed by atoms with van der Waals surface area (Å²) in [7, 11) is 0. The Labute approximate surface area is 90.1 Å². The third kappa shape index (κ3) is 1.64. The summed E-state index contributed by atoms with van der Waals surface area (Å²) < 4.78 is 2.90. The molecule has 0 saturated carbocycles. The maximum absolute atomic E-state index is 8.48. The van der Waals surface area contributed by atoms with E-state index < -0.39 is 0 Å². The predicted octanol–water partition coefficient (Wildman–Crippen LogP) is 2.71. The Hall–Kier alpha value is -1.34. The molecule has 2 aromatic rings. The minimum absolute atomic E-state index is 0.493. The van der Waals surface area contributed by atoms with Gasteiger partial charge in [-0.15, -0.1) is 0 Å². The lowest BCUT2D eigenvalue weighted by Crippen LogP contribution is -1.98. The molecule has 0 unspecified atom stereocenters. The number of aryl methyl sites for hydroxylation is 1. The number of nitriles is 1. The summed E-state index contributed by atoms with van der Waals surface area (Å²) in [5.41, 5.74) is 1.07. The van der Waals surface area contributed by atoms with Crippen LogP contribution in [-0.2, 0) is 6.54 Å². The van der Waals surface area contributed by atoms with Crippen LogP contribution in [0.3, 0.4) is 0 Å². The highest BCUT2D eigenvalue weighted by Gasteiger charge is 2.01. The minimum Gasteiger partial charge on any atom is -0.264 e. The highest BCUT2D eigenvalue weighted by atomic mass is 79.9. The molecular formula is C10H8BrN3. The molecule has 0 spiro atoms. The Morgan fingerprint density at radius 3 is 3.14 bits per heavy atom. The zero-order chi connectivity index (χ0) is 9.97. The number of aromatic nitrogens is 2. The van der Waals surface area contributed by atoms with Gasteiger partial charge in [-0.3, -0.25) is 4.68 Å².